The molecule has 222 valence electrons. The van der Waals surface area contributed by atoms with Gasteiger partial charge >= 0.3 is 6.18 Å². The highest BCUT2D eigenvalue weighted by atomic mass is 32.2. The summed E-state index contributed by atoms with van der Waals surface area (Å²) in [5.41, 5.74) is 1.35. The lowest BCUT2D eigenvalue weighted by atomic mass is 9.98. The van der Waals surface area contributed by atoms with Crippen LogP contribution in [0.1, 0.15) is 24.5 Å². The molecule has 1 saturated heterocycles. The highest BCUT2D eigenvalue weighted by Crippen LogP contribution is 2.38. The molecule has 1 fully saturated rings. The first-order valence-electron chi connectivity index (χ1n) is 13.3. The molecule has 4 aromatic rings. The summed E-state index contributed by atoms with van der Waals surface area (Å²) in [5, 5.41) is 7.20. The van der Waals surface area contributed by atoms with Crippen LogP contribution >= 0.6 is 0 Å². The van der Waals surface area contributed by atoms with Crippen LogP contribution in [0.15, 0.2) is 54.9 Å². The smallest absolute Gasteiger partial charge is 0.402 e. The van der Waals surface area contributed by atoms with Gasteiger partial charge in [0.1, 0.15) is 17.3 Å². The van der Waals surface area contributed by atoms with E-state index in [0.717, 1.165) is 25.6 Å². The predicted molar refractivity (Wildman–Crippen MR) is 152 cm³/mol. The summed E-state index contributed by atoms with van der Waals surface area (Å²) in [6.45, 7) is 5.67. The van der Waals surface area contributed by atoms with Crippen LogP contribution in [0.4, 0.5) is 23.5 Å². The molecule has 0 bridgehead atoms. The molecule has 0 amide bonds. The molecule has 42 heavy (non-hydrogen) atoms. The lowest BCUT2D eigenvalue weighted by Crippen LogP contribution is -2.42. The fraction of sp³-hybridized carbons (Fsp3) is 0.345. The Hall–Kier alpha value is -3.84. The van der Waals surface area contributed by atoms with E-state index < -0.39 is 33.3 Å². The van der Waals surface area contributed by atoms with Gasteiger partial charge in [0.25, 0.3) is 0 Å². The second kappa shape index (κ2) is 11.8. The fourth-order valence-electron chi connectivity index (χ4n) is 5.12. The SMILES string of the molecule is Cc1ccc2c(CS(=O)(=O)CC(F)(F)F)c(F)ccc2c1Oc1ncccc1-c1ccnc(N[C@@H]2CNC[C@H](C)C2)n1. The van der Waals surface area contributed by atoms with E-state index in [1.807, 2.05) is 0 Å². The Morgan fingerprint density at radius 1 is 1.05 bits per heavy atom. The maximum Gasteiger partial charge on any atom is 0.402 e. The summed E-state index contributed by atoms with van der Waals surface area (Å²) in [4.78, 5) is 13.4. The molecule has 8 nitrogen and oxygen atoms in total. The van der Waals surface area contributed by atoms with Gasteiger partial charge in [-0.2, -0.15) is 13.2 Å². The van der Waals surface area contributed by atoms with E-state index in [9.17, 15) is 26.0 Å². The molecule has 5 rings (SSSR count). The molecule has 0 aliphatic carbocycles. The molecule has 0 radical (unpaired) electrons. The number of pyridine rings is 1. The van der Waals surface area contributed by atoms with Gasteiger partial charge in [0.2, 0.25) is 11.8 Å². The molecule has 3 heterocycles. The van der Waals surface area contributed by atoms with Crippen molar-refractivity contribution in [2.24, 2.45) is 5.92 Å². The van der Waals surface area contributed by atoms with E-state index in [1.54, 1.807) is 37.4 Å². The molecule has 2 atom stereocenters. The van der Waals surface area contributed by atoms with Gasteiger partial charge in [0.15, 0.2) is 9.84 Å². The van der Waals surface area contributed by atoms with Gasteiger partial charge in [-0.1, -0.05) is 19.1 Å². The monoisotopic (exact) mass is 603 g/mol. The summed E-state index contributed by atoms with van der Waals surface area (Å²) in [5.74, 6) is -2.68. The molecule has 2 aromatic heterocycles. The summed E-state index contributed by atoms with van der Waals surface area (Å²) >= 11 is 0. The lowest BCUT2D eigenvalue weighted by Gasteiger charge is -2.28. The number of piperidine rings is 1. The Bertz CT molecular complexity index is 1720. The lowest BCUT2D eigenvalue weighted by molar-refractivity contribution is -0.106. The van der Waals surface area contributed by atoms with Crippen LogP contribution in [0.25, 0.3) is 22.0 Å². The van der Waals surface area contributed by atoms with E-state index in [-0.39, 0.29) is 28.6 Å². The second-order valence-corrected chi connectivity index (χ2v) is 12.6. The van der Waals surface area contributed by atoms with Gasteiger partial charge in [-0.3, -0.25) is 0 Å². The number of benzene rings is 2. The van der Waals surface area contributed by atoms with Gasteiger partial charge < -0.3 is 15.4 Å². The largest absolute Gasteiger partial charge is 0.437 e. The number of aryl methyl sites for hydroxylation is 1. The predicted octanol–water partition coefficient (Wildman–Crippen LogP) is 5.82. The van der Waals surface area contributed by atoms with Crippen LogP contribution in [0.2, 0.25) is 0 Å². The molecule has 0 unspecified atom stereocenters. The number of nitrogens with zero attached hydrogens (tertiary/aromatic N) is 3. The van der Waals surface area contributed by atoms with E-state index >= 15 is 0 Å². The summed E-state index contributed by atoms with van der Waals surface area (Å²) in [6, 6.07) is 10.9. The van der Waals surface area contributed by atoms with E-state index in [1.165, 1.54) is 18.3 Å². The Kier molecular flexibility index (Phi) is 8.33. The van der Waals surface area contributed by atoms with Crippen molar-refractivity contribution in [1.82, 2.24) is 20.3 Å². The summed E-state index contributed by atoms with van der Waals surface area (Å²) in [6.07, 6.45) is -0.811. The van der Waals surface area contributed by atoms with E-state index in [0.29, 0.717) is 34.1 Å². The van der Waals surface area contributed by atoms with Gasteiger partial charge in [-0.05, 0) is 67.1 Å². The Balaban J connectivity index is 1.49. The molecule has 2 N–H and O–H groups in total. The number of hydrogen-bond donors (Lipinski definition) is 2. The standard InChI is InChI=1S/C29H29F4N5O3S/c1-17-12-19(14-34-13-17)37-28-36-11-9-25(38-28)22-4-3-10-35-27(22)41-26-18(2)5-6-20-21(26)7-8-24(30)23(20)15-42(39,40)16-29(31,32)33/h3-11,17,19,34H,12-16H2,1-2H3,(H,36,37,38)/t17-,19+/m1/s1. The maximum absolute atomic E-state index is 14.8. The van der Waals surface area contributed by atoms with Crippen LogP contribution in [0.5, 0.6) is 11.6 Å². The van der Waals surface area contributed by atoms with Crippen molar-refractivity contribution in [2.75, 3.05) is 24.2 Å². The molecular formula is C29H29F4N5O3S. The number of anilines is 1. The zero-order chi connectivity index (χ0) is 30.1. The molecule has 13 heteroatoms. The number of aromatic nitrogens is 3. The minimum atomic E-state index is -4.94. The zero-order valence-electron chi connectivity index (χ0n) is 22.9. The third kappa shape index (κ3) is 6.96. The maximum atomic E-state index is 14.8. The minimum absolute atomic E-state index is 0.127. The molecular weight excluding hydrogens is 574 g/mol. The second-order valence-electron chi connectivity index (χ2n) is 10.5. The third-order valence-electron chi connectivity index (χ3n) is 6.96. The Morgan fingerprint density at radius 2 is 1.83 bits per heavy atom. The first-order chi connectivity index (χ1) is 19.9. The number of sulfone groups is 1. The van der Waals surface area contributed by atoms with Crippen molar-refractivity contribution in [3.63, 3.8) is 0 Å². The molecule has 0 saturated carbocycles. The van der Waals surface area contributed by atoms with Crippen LogP contribution in [-0.2, 0) is 15.6 Å². The first kappa shape index (κ1) is 29.6. The van der Waals surface area contributed by atoms with Crippen LogP contribution in [0.3, 0.4) is 0 Å². The minimum Gasteiger partial charge on any atom is -0.437 e. The molecule has 2 aromatic carbocycles. The summed E-state index contributed by atoms with van der Waals surface area (Å²) < 4.78 is 84.2. The van der Waals surface area contributed by atoms with Crippen molar-refractivity contribution < 1.29 is 30.7 Å². The van der Waals surface area contributed by atoms with Gasteiger partial charge in [-0.25, -0.2) is 27.8 Å². The molecule has 0 spiro atoms. The Labute approximate surface area is 240 Å². The van der Waals surface area contributed by atoms with Gasteiger partial charge in [0, 0.05) is 35.9 Å². The van der Waals surface area contributed by atoms with Crippen molar-refractivity contribution in [3.05, 3.63) is 71.8 Å². The average molecular weight is 604 g/mol. The Morgan fingerprint density at radius 3 is 2.60 bits per heavy atom. The van der Waals surface area contributed by atoms with Gasteiger partial charge in [-0.15, -0.1) is 0 Å². The average Bonchev–Trinajstić information content (AvgIpc) is 2.91. The van der Waals surface area contributed by atoms with Crippen LogP contribution < -0.4 is 15.4 Å². The number of rotatable bonds is 8. The summed E-state index contributed by atoms with van der Waals surface area (Å²) in [7, 11) is -4.69. The quantitative estimate of drug-likeness (QED) is 0.243. The number of ether oxygens (including phenoxy) is 1. The van der Waals surface area contributed by atoms with Crippen molar-refractivity contribution >= 4 is 26.6 Å². The van der Waals surface area contributed by atoms with Gasteiger partial charge in [0.05, 0.1) is 17.0 Å². The number of fused-ring (bicyclic) bond motifs is 1. The van der Waals surface area contributed by atoms with Crippen LogP contribution in [0, 0.1) is 18.7 Å². The zero-order valence-corrected chi connectivity index (χ0v) is 23.7. The van der Waals surface area contributed by atoms with Crippen molar-refractivity contribution in [3.8, 4) is 22.9 Å². The number of hydrogen-bond acceptors (Lipinski definition) is 8. The highest BCUT2D eigenvalue weighted by Gasteiger charge is 2.36. The van der Waals surface area contributed by atoms with E-state index in [4.69, 9.17) is 4.74 Å². The normalized spacial score (nSPS) is 17.8. The number of alkyl halides is 3. The van der Waals surface area contributed by atoms with Crippen molar-refractivity contribution in [1.29, 1.82) is 0 Å². The number of halogens is 4. The third-order valence-corrected chi connectivity index (χ3v) is 8.45. The topological polar surface area (TPSA) is 106 Å². The first-order valence-corrected chi connectivity index (χ1v) is 15.1. The number of nitrogens with one attached hydrogen (secondary N) is 2. The van der Waals surface area contributed by atoms with E-state index in [2.05, 4.69) is 32.5 Å². The molecule has 1 aliphatic heterocycles. The fourth-order valence-corrected chi connectivity index (χ4v) is 6.45. The highest BCUT2D eigenvalue weighted by molar-refractivity contribution is 7.90. The van der Waals surface area contributed by atoms with Crippen LogP contribution in [-0.4, -0.2) is 54.4 Å². The van der Waals surface area contributed by atoms with Crippen molar-refractivity contribution in [2.45, 2.75) is 38.2 Å². The molecule has 1 aliphatic rings.